The molecule has 2 rings (SSSR count). The largest absolute Gasteiger partial charge is 0.497 e. The van der Waals surface area contributed by atoms with Crippen molar-refractivity contribution in [2.45, 2.75) is 12.8 Å². The lowest BCUT2D eigenvalue weighted by atomic mass is 10.2. The normalized spacial score (nSPS) is 10.6. The fourth-order valence-electron chi connectivity index (χ4n) is 2.46. The number of unbranched alkanes of at least 4 members (excludes halogenated alkanes) is 1. The van der Waals surface area contributed by atoms with Gasteiger partial charge in [-0.25, -0.2) is 0 Å². The van der Waals surface area contributed by atoms with Crippen LogP contribution in [0.2, 0.25) is 0 Å². The highest BCUT2D eigenvalue weighted by molar-refractivity contribution is 7.80. The summed E-state index contributed by atoms with van der Waals surface area (Å²) in [7, 11) is 1.60. The van der Waals surface area contributed by atoms with E-state index in [4.69, 9.17) is 22.1 Å². The van der Waals surface area contributed by atoms with Gasteiger partial charge in [0.2, 0.25) is 5.91 Å². The predicted octanol–water partition coefficient (Wildman–Crippen LogP) is 3.39. The van der Waals surface area contributed by atoms with Crippen LogP contribution in [0, 0.1) is 0 Å². The van der Waals surface area contributed by atoms with E-state index in [1.54, 1.807) is 13.2 Å². The molecule has 0 atom stereocenters. The molecule has 0 spiro atoms. The summed E-state index contributed by atoms with van der Waals surface area (Å²) in [5.41, 5.74) is 1.76. The van der Waals surface area contributed by atoms with Gasteiger partial charge in [-0.05, 0) is 48.8 Å². The van der Waals surface area contributed by atoms with Crippen molar-refractivity contribution in [1.82, 2.24) is 5.32 Å². The Morgan fingerprint density at radius 3 is 2.67 bits per heavy atom. The minimum absolute atomic E-state index is 0.116. The number of hydrogen-bond donors (Lipinski definition) is 2. The van der Waals surface area contributed by atoms with Gasteiger partial charge in [0, 0.05) is 31.0 Å². The molecule has 2 aromatic rings. The lowest BCUT2D eigenvalue weighted by Crippen LogP contribution is -2.42. The molecule has 1 amide bonds. The van der Waals surface area contributed by atoms with E-state index >= 15 is 0 Å². The van der Waals surface area contributed by atoms with E-state index in [2.05, 4.69) is 5.32 Å². The third kappa shape index (κ3) is 6.84. The van der Waals surface area contributed by atoms with E-state index < -0.39 is 0 Å². The Kier molecular flexibility index (Phi) is 8.48. The van der Waals surface area contributed by atoms with Crippen LogP contribution >= 0.6 is 12.2 Å². The fraction of sp³-hybridized carbons (Fsp3) is 0.238. The molecule has 0 bridgehead atoms. The number of nitrogens with zero attached hydrogens (tertiary/aromatic N) is 1. The average Bonchev–Trinajstić information content (AvgIpc) is 2.70. The fourth-order valence-corrected chi connectivity index (χ4v) is 2.76. The molecule has 0 heterocycles. The molecular formula is C21H24N2O3S. The van der Waals surface area contributed by atoms with Crippen molar-refractivity contribution in [2.75, 3.05) is 25.2 Å². The third-order valence-electron chi connectivity index (χ3n) is 3.86. The Balaban J connectivity index is 2.08. The number of methoxy groups -OCH3 is 1. The van der Waals surface area contributed by atoms with Crippen molar-refractivity contribution in [2.24, 2.45) is 0 Å². The van der Waals surface area contributed by atoms with Crippen molar-refractivity contribution in [1.29, 1.82) is 0 Å². The van der Waals surface area contributed by atoms with Crippen LogP contribution in [0.4, 0.5) is 5.69 Å². The molecule has 6 heteroatoms. The number of aliphatic hydroxyl groups is 1. The van der Waals surface area contributed by atoms with Crippen molar-refractivity contribution in [3.05, 3.63) is 66.2 Å². The monoisotopic (exact) mass is 384 g/mol. The van der Waals surface area contributed by atoms with Crippen molar-refractivity contribution in [3.63, 3.8) is 0 Å². The number of amides is 1. The first kappa shape index (κ1) is 20.6. The summed E-state index contributed by atoms with van der Waals surface area (Å²) in [5.74, 6) is 0.414. The number of benzene rings is 2. The summed E-state index contributed by atoms with van der Waals surface area (Å²) in [6.45, 7) is 0.695. The average molecular weight is 385 g/mol. The van der Waals surface area contributed by atoms with Gasteiger partial charge in [0.15, 0.2) is 5.11 Å². The van der Waals surface area contributed by atoms with Gasteiger partial charge < -0.3 is 14.7 Å². The Bertz CT molecular complexity index is 778. The molecule has 0 saturated carbocycles. The third-order valence-corrected chi connectivity index (χ3v) is 4.18. The minimum atomic E-state index is -0.293. The molecule has 0 radical (unpaired) electrons. The maximum Gasteiger partial charge on any atom is 0.250 e. The first-order valence-corrected chi connectivity index (χ1v) is 9.15. The van der Waals surface area contributed by atoms with E-state index in [-0.39, 0.29) is 12.5 Å². The van der Waals surface area contributed by atoms with Gasteiger partial charge in [-0.2, -0.15) is 0 Å². The number of aliphatic hydroxyl groups excluding tert-OH is 1. The van der Waals surface area contributed by atoms with E-state index in [0.717, 1.165) is 17.7 Å². The van der Waals surface area contributed by atoms with Crippen LogP contribution in [0.5, 0.6) is 5.75 Å². The van der Waals surface area contributed by atoms with E-state index in [0.29, 0.717) is 23.8 Å². The quantitative estimate of drug-likeness (QED) is 0.415. The second kappa shape index (κ2) is 11.1. The number of rotatable bonds is 8. The van der Waals surface area contributed by atoms with Gasteiger partial charge in [-0.15, -0.1) is 0 Å². The van der Waals surface area contributed by atoms with Crippen LogP contribution in [0.15, 0.2) is 60.7 Å². The summed E-state index contributed by atoms with van der Waals surface area (Å²) in [4.78, 5) is 14.1. The Labute approximate surface area is 165 Å². The first-order chi connectivity index (χ1) is 13.1. The number of carbonyl (C=O) groups is 1. The standard InChI is InChI=1S/C21H24N2O3S/c1-26-19-11-7-10-18(16-19)23(14-5-6-15-24)21(27)22-20(25)13-12-17-8-3-2-4-9-17/h2-4,7-13,16,24H,5-6,14-15H2,1H3,(H,22,25,27)/b13-12+. The molecule has 0 saturated heterocycles. The highest BCUT2D eigenvalue weighted by Crippen LogP contribution is 2.21. The second-order valence-corrected chi connectivity index (χ2v) is 6.21. The molecule has 2 N–H and O–H groups in total. The Hall–Kier alpha value is -2.70. The van der Waals surface area contributed by atoms with Crippen LogP contribution in [-0.2, 0) is 4.79 Å². The zero-order chi connectivity index (χ0) is 19.5. The summed E-state index contributed by atoms with van der Waals surface area (Å²) >= 11 is 5.45. The highest BCUT2D eigenvalue weighted by Gasteiger charge is 2.14. The zero-order valence-electron chi connectivity index (χ0n) is 15.3. The van der Waals surface area contributed by atoms with Crippen molar-refractivity contribution in [3.8, 4) is 5.75 Å². The van der Waals surface area contributed by atoms with E-state index in [1.807, 2.05) is 59.5 Å². The number of hydrogen-bond acceptors (Lipinski definition) is 4. The molecule has 0 fully saturated rings. The van der Waals surface area contributed by atoms with Gasteiger partial charge >= 0.3 is 0 Å². The first-order valence-electron chi connectivity index (χ1n) is 8.74. The van der Waals surface area contributed by atoms with Crippen LogP contribution in [0.1, 0.15) is 18.4 Å². The number of thiocarbonyl (C=S) groups is 1. The van der Waals surface area contributed by atoms with E-state index in [9.17, 15) is 4.79 Å². The summed E-state index contributed by atoms with van der Waals surface area (Å²) in [6.07, 6.45) is 4.59. The van der Waals surface area contributed by atoms with E-state index in [1.165, 1.54) is 6.08 Å². The number of ether oxygens (including phenoxy) is 1. The van der Waals surface area contributed by atoms with Crippen LogP contribution in [0.25, 0.3) is 6.08 Å². The molecule has 0 aliphatic heterocycles. The maximum absolute atomic E-state index is 12.2. The SMILES string of the molecule is COc1cccc(N(CCCCO)C(=S)NC(=O)/C=C/c2ccccc2)c1. The summed E-state index contributed by atoms with van der Waals surface area (Å²) in [5, 5.41) is 12.1. The molecule has 0 unspecified atom stereocenters. The molecular weight excluding hydrogens is 360 g/mol. The second-order valence-electron chi connectivity index (χ2n) is 5.82. The van der Waals surface area contributed by atoms with Crippen LogP contribution < -0.4 is 15.0 Å². The van der Waals surface area contributed by atoms with Gasteiger partial charge in [-0.1, -0.05) is 36.4 Å². The predicted molar refractivity (Wildman–Crippen MR) is 113 cm³/mol. The van der Waals surface area contributed by atoms with Crippen molar-refractivity contribution >= 4 is 35.0 Å². The lowest BCUT2D eigenvalue weighted by Gasteiger charge is -2.25. The van der Waals surface area contributed by atoms with Gasteiger partial charge in [0.05, 0.1) is 7.11 Å². The molecule has 0 aromatic heterocycles. The molecule has 142 valence electrons. The van der Waals surface area contributed by atoms with Gasteiger partial charge in [-0.3, -0.25) is 10.1 Å². The topological polar surface area (TPSA) is 61.8 Å². The summed E-state index contributed by atoms with van der Waals surface area (Å²) in [6, 6.07) is 17.1. The van der Waals surface area contributed by atoms with Crippen LogP contribution in [0.3, 0.4) is 0 Å². The smallest absolute Gasteiger partial charge is 0.250 e. The van der Waals surface area contributed by atoms with Gasteiger partial charge in [0.1, 0.15) is 5.75 Å². The molecule has 5 nitrogen and oxygen atoms in total. The molecule has 2 aromatic carbocycles. The van der Waals surface area contributed by atoms with Gasteiger partial charge in [0.25, 0.3) is 0 Å². The number of nitrogens with one attached hydrogen (secondary N) is 1. The van der Waals surface area contributed by atoms with Crippen molar-refractivity contribution < 1.29 is 14.6 Å². The summed E-state index contributed by atoms with van der Waals surface area (Å²) < 4.78 is 5.27. The minimum Gasteiger partial charge on any atom is -0.497 e. The number of carbonyl (C=O) groups excluding carboxylic acids is 1. The number of anilines is 1. The highest BCUT2D eigenvalue weighted by atomic mass is 32.1. The Morgan fingerprint density at radius 1 is 1.19 bits per heavy atom. The molecule has 0 aliphatic carbocycles. The molecule has 0 aliphatic rings. The molecule has 27 heavy (non-hydrogen) atoms. The Morgan fingerprint density at radius 2 is 1.96 bits per heavy atom. The zero-order valence-corrected chi connectivity index (χ0v) is 16.1. The lowest BCUT2D eigenvalue weighted by molar-refractivity contribution is -0.115. The maximum atomic E-state index is 12.2. The van der Waals surface area contributed by atoms with Crippen LogP contribution in [-0.4, -0.2) is 36.4 Å².